The first-order valence-corrected chi connectivity index (χ1v) is 10.1. The number of rotatable bonds is 6. The number of hydrogen-bond donors (Lipinski definition) is 0. The third-order valence-electron chi connectivity index (χ3n) is 5.46. The lowest BCUT2D eigenvalue weighted by atomic mass is 10.1. The first kappa shape index (κ1) is 20.3. The standard InChI is InChI=1S/C22H31N5O/c1-5-20-16-26(12-13-27(20)17(2)3)22(28)18-9-10-21(24-14-18)25(4)15-19-8-6-7-11-23-19/h6-11,14,17,20H,5,12-13,15-16H2,1-4H3/t20-/m0/s1. The molecule has 0 aliphatic carbocycles. The second kappa shape index (κ2) is 9.15. The van der Waals surface area contributed by atoms with Crippen LogP contribution in [0.3, 0.4) is 0 Å². The molecule has 0 aromatic carbocycles. The van der Waals surface area contributed by atoms with Crippen molar-refractivity contribution in [3.8, 4) is 0 Å². The Kier molecular flexibility index (Phi) is 6.62. The van der Waals surface area contributed by atoms with Gasteiger partial charge in [0.05, 0.1) is 17.8 Å². The number of carbonyl (C=O) groups excluding carboxylic acids is 1. The maximum atomic E-state index is 13.0. The highest BCUT2D eigenvalue weighted by Gasteiger charge is 2.30. The maximum Gasteiger partial charge on any atom is 0.255 e. The van der Waals surface area contributed by atoms with Crippen LogP contribution >= 0.6 is 0 Å². The fourth-order valence-electron chi connectivity index (χ4n) is 3.83. The molecule has 0 spiro atoms. The summed E-state index contributed by atoms with van der Waals surface area (Å²) in [7, 11) is 1.98. The molecule has 0 N–H and O–H groups in total. The van der Waals surface area contributed by atoms with Crippen LogP contribution in [0.4, 0.5) is 5.82 Å². The molecule has 150 valence electrons. The van der Waals surface area contributed by atoms with Gasteiger partial charge in [-0.25, -0.2) is 4.98 Å². The number of anilines is 1. The van der Waals surface area contributed by atoms with Gasteiger partial charge in [-0.3, -0.25) is 14.7 Å². The Balaban J connectivity index is 1.63. The van der Waals surface area contributed by atoms with Gasteiger partial charge in [0.2, 0.25) is 0 Å². The topological polar surface area (TPSA) is 52.6 Å². The molecule has 0 bridgehead atoms. The third kappa shape index (κ3) is 4.68. The van der Waals surface area contributed by atoms with Crippen LogP contribution in [0.15, 0.2) is 42.7 Å². The highest BCUT2D eigenvalue weighted by molar-refractivity contribution is 5.94. The summed E-state index contributed by atoms with van der Waals surface area (Å²) in [5, 5.41) is 0. The Bertz CT molecular complexity index is 762. The molecule has 0 saturated carbocycles. The van der Waals surface area contributed by atoms with Crippen molar-refractivity contribution in [1.82, 2.24) is 19.8 Å². The van der Waals surface area contributed by atoms with E-state index >= 15 is 0 Å². The molecule has 1 aliphatic heterocycles. The monoisotopic (exact) mass is 381 g/mol. The van der Waals surface area contributed by atoms with E-state index in [9.17, 15) is 4.79 Å². The molecule has 0 radical (unpaired) electrons. The fraction of sp³-hybridized carbons (Fsp3) is 0.500. The van der Waals surface area contributed by atoms with Gasteiger partial charge >= 0.3 is 0 Å². The van der Waals surface area contributed by atoms with Gasteiger partial charge in [-0.05, 0) is 44.5 Å². The number of hydrogen-bond acceptors (Lipinski definition) is 5. The van der Waals surface area contributed by atoms with Crippen LogP contribution in [0.5, 0.6) is 0 Å². The first-order chi connectivity index (χ1) is 13.5. The van der Waals surface area contributed by atoms with E-state index in [4.69, 9.17) is 0 Å². The van der Waals surface area contributed by atoms with Crippen molar-refractivity contribution >= 4 is 11.7 Å². The van der Waals surface area contributed by atoms with Crippen LogP contribution in [0.25, 0.3) is 0 Å². The SMILES string of the molecule is CC[C@H]1CN(C(=O)c2ccc(N(C)Cc3ccccn3)nc2)CCN1C(C)C. The number of nitrogens with zero attached hydrogens (tertiary/aromatic N) is 5. The van der Waals surface area contributed by atoms with Crippen LogP contribution in [-0.2, 0) is 6.54 Å². The number of amides is 1. The van der Waals surface area contributed by atoms with E-state index < -0.39 is 0 Å². The van der Waals surface area contributed by atoms with Crippen LogP contribution in [0, 0.1) is 0 Å². The zero-order chi connectivity index (χ0) is 20.1. The van der Waals surface area contributed by atoms with Crippen LogP contribution in [0.2, 0.25) is 0 Å². The van der Waals surface area contributed by atoms with Crippen molar-refractivity contribution in [1.29, 1.82) is 0 Å². The number of piperazine rings is 1. The van der Waals surface area contributed by atoms with Crippen molar-refractivity contribution in [2.24, 2.45) is 0 Å². The normalized spacial score (nSPS) is 17.8. The second-order valence-electron chi connectivity index (χ2n) is 7.73. The highest BCUT2D eigenvalue weighted by Crippen LogP contribution is 2.19. The summed E-state index contributed by atoms with van der Waals surface area (Å²) < 4.78 is 0. The van der Waals surface area contributed by atoms with E-state index in [0.717, 1.165) is 37.6 Å². The first-order valence-electron chi connectivity index (χ1n) is 10.1. The summed E-state index contributed by atoms with van der Waals surface area (Å²) >= 11 is 0. The van der Waals surface area contributed by atoms with Crippen LogP contribution in [-0.4, -0.2) is 64.4 Å². The molecule has 1 aliphatic rings. The lowest BCUT2D eigenvalue weighted by Crippen LogP contribution is -2.56. The Morgan fingerprint density at radius 1 is 1.21 bits per heavy atom. The zero-order valence-electron chi connectivity index (χ0n) is 17.4. The largest absolute Gasteiger partial charge is 0.354 e. The predicted molar refractivity (Wildman–Crippen MR) is 112 cm³/mol. The minimum atomic E-state index is 0.0771. The Hall–Kier alpha value is -2.47. The molecule has 2 aromatic heterocycles. The average molecular weight is 382 g/mol. The highest BCUT2D eigenvalue weighted by atomic mass is 16.2. The van der Waals surface area contributed by atoms with Crippen molar-refractivity contribution in [3.63, 3.8) is 0 Å². The molecular weight excluding hydrogens is 350 g/mol. The van der Waals surface area contributed by atoms with Gasteiger partial charge in [-0.15, -0.1) is 0 Å². The smallest absolute Gasteiger partial charge is 0.255 e. The zero-order valence-corrected chi connectivity index (χ0v) is 17.4. The minimum Gasteiger partial charge on any atom is -0.354 e. The van der Waals surface area contributed by atoms with Gasteiger partial charge in [0.15, 0.2) is 0 Å². The molecule has 1 amide bonds. The Morgan fingerprint density at radius 3 is 2.64 bits per heavy atom. The van der Waals surface area contributed by atoms with E-state index in [1.165, 1.54) is 0 Å². The van der Waals surface area contributed by atoms with Crippen LogP contribution in [0.1, 0.15) is 43.2 Å². The molecule has 3 rings (SSSR count). The lowest BCUT2D eigenvalue weighted by Gasteiger charge is -2.43. The minimum absolute atomic E-state index is 0.0771. The quantitative estimate of drug-likeness (QED) is 0.770. The second-order valence-corrected chi connectivity index (χ2v) is 7.73. The Labute approximate surface area is 168 Å². The molecule has 28 heavy (non-hydrogen) atoms. The van der Waals surface area contributed by atoms with E-state index in [2.05, 4.69) is 35.6 Å². The fourth-order valence-corrected chi connectivity index (χ4v) is 3.83. The van der Waals surface area contributed by atoms with E-state index in [-0.39, 0.29) is 5.91 Å². The van der Waals surface area contributed by atoms with E-state index in [1.54, 1.807) is 12.4 Å². The van der Waals surface area contributed by atoms with Gasteiger partial charge in [-0.1, -0.05) is 13.0 Å². The summed E-state index contributed by atoms with van der Waals surface area (Å²) in [6.07, 6.45) is 4.54. The molecule has 3 heterocycles. The molecule has 6 nitrogen and oxygen atoms in total. The van der Waals surface area contributed by atoms with Crippen molar-refractivity contribution in [3.05, 3.63) is 54.0 Å². The lowest BCUT2D eigenvalue weighted by molar-refractivity contribution is 0.0371. The molecule has 6 heteroatoms. The van der Waals surface area contributed by atoms with Gasteiger partial charge in [0.25, 0.3) is 5.91 Å². The molecule has 2 aromatic rings. The van der Waals surface area contributed by atoms with Crippen LogP contribution < -0.4 is 4.90 Å². The summed E-state index contributed by atoms with van der Waals surface area (Å²) in [5.41, 5.74) is 1.64. The van der Waals surface area contributed by atoms with E-state index in [1.807, 2.05) is 47.2 Å². The maximum absolute atomic E-state index is 13.0. The number of pyridine rings is 2. The third-order valence-corrected chi connectivity index (χ3v) is 5.46. The molecular formula is C22H31N5O. The van der Waals surface area contributed by atoms with E-state index in [0.29, 0.717) is 24.2 Å². The van der Waals surface area contributed by atoms with Gasteiger partial charge in [0.1, 0.15) is 5.82 Å². The Morgan fingerprint density at radius 2 is 2.04 bits per heavy atom. The molecule has 0 unspecified atom stereocenters. The van der Waals surface area contributed by atoms with Crippen molar-refractivity contribution < 1.29 is 4.79 Å². The van der Waals surface area contributed by atoms with Gasteiger partial charge in [-0.2, -0.15) is 0 Å². The molecule has 1 atom stereocenters. The summed E-state index contributed by atoms with van der Waals surface area (Å²) in [6, 6.07) is 10.6. The molecule has 1 saturated heterocycles. The van der Waals surface area contributed by atoms with Gasteiger partial charge in [0, 0.05) is 51.2 Å². The summed E-state index contributed by atoms with van der Waals surface area (Å²) in [6.45, 7) is 9.82. The number of carbonyl (C=O) groups is 1. The summed E-state index contributed by atoms with van der Waals surface area (Å²) in [5.74, 6) is 0.909. The van der Waals surface area contributed by atoms with Gasteiger partial charge < -0.3 is 9.80 Å². The van der Waals surface area contributed by atoms with Crippen molar-refractivity contribution in [2.75, 3.05) is 31.6 Å². The average Bonchev–Trinajstić information content (AvgIpc) is 2.73. The summed E-state index contributed by atoms with van der Waals surface area (Å²) in [4.78, 5) is 28.3. The molecule has 1 fully saturated rings. The number of aromatic nitrogens is 2. The van der Waals surface area contributed by atoms with Crippen molar-refractivity contribution in [2.45, 2.75) is 45.8 Å². The predicted octanol–water partition coefficient (Wildman–Crippen LogP) is 3.06.